The van der Waals surface area contributed by atoms with Crippen LogP contribution in [0.25, 0.3) is 5.13 Å². The van der Waals surface area contributed by atoms with Crippen LogP contribution in [0.1, 0.15) is 60.8 Å². The molecule has 136 valence electrons. The summed E-state index contributed by atoms with van der Waals surface area (Å²) >= 11 is 1.47. The highest BCUT2D eigenvalue weighted by atomic mass is 32.1. The van der Waals surface area contributed by atoms with Crippen molar-refractivity contribution < 1.29 is 4.79 Å². The lowest BCUT2D eigenvalue weighted by atomic mass is 10.1. The number of carbonyl (C=O) groups excluding carboxylic acids is 1. The minimum atomic E-state index is 0.0123. The van der Waals surface area contributed by atoms with Gasteiger partial charge >= 0.3 is 0 Å². The van der Waals surface area contributed by atoms with Crippen molar-refractivity contribution in [2.75, 3.05) is 26.2 Å². The van der Waals surface area contributed by atoms with Crippen molar-refractivity contribution in [3.8, 4) is 5.13 Å². The van der Waals surface area contributed by atoms with Crippen molar-refractivity contribution in [2.24, 2.45) is 0 Å². The Kier molecular flexibility index (Phi) is 6.26. The number of carbonyl (C=O) groups is 1. The van der Waals surface area contributed by atoms with Gasteiger partial charge in [-0.2, -0.15) is 0 Å². The van der Waals surface area contributed by atoms with E-state index in [0.29, 0.717) is 0 Å². The van der Waals surface area contributed by atoms with Crippen molar-refractivity contribution in [1.29, 1.82) is 0 Å². The SMILES string of the molecule is CC(C)c1nc(-n2cccc2)sc1C(=O)NCCCN1CCCCC1. The summed E-state index contributed by atoms with van der Waals surface area (Å²) in [5.41, 5.74) is 0.891. The van der Waals surface area contributed by atoms with Crippen molar-refractivity contribution in [3.63, 3.8) is 0 Å². The Hall–Kier alpha value is -1.66. The number of piperidine rings is 1. The Morgan fingerprint density at radius 3 is 2.64 bits per heavy atom. The van der Waals surface area contributed by atoms with Crippen LogP contribution in [-0.2, 0) is 0 Å². The van der Waals surface area contributed by atoms with E-state index in [1.54, 1.807) is 0 Å². The van der Waals surface area contributed by atoms with E-state index >= 15 is 0 Å². The Morgan fingerprint density at radius 1 is 1.24 bits per heavy atom. The van der Waals surface area contributed by atoms with Crippen LogP contribution in [0.4, 0.5) is 0 Å². The maximum absolute atomic E-state index is 12.6. The number of nitrogens with one attached hydrogen (secondary N) is 1. The fourth-order valence-electron chi connectivity index (χ4n) is 3.21. The molecule has 3 heterocycles. The molecule has 0 spiro atoms. The van der Waals surface area contributed by atoms with Gasteiger partial charge in [0.25, 0.3) is 5.91 Å². The lowest BCUT2D eigenvalue weighted by molar-refractivity contribution is 0.0953. The highest BCUT2D eigenvalue weighted by molar-refractivity contribution is 7.16. The molecule has 2 aromatic heterocycles. The first-order chi connectivity index (χ1) is 12.1. The van der Waals surface area contributed by atoms with Crippen LogP contribution >= 0.6 is 11.3 Å². The molecule has 0 saturated carbocycles. The normalized spacial score (nSPS) is 15.6. The van der Waals surface area contributed by atoms with Gasteiger partial charge in [0.05, 0.1) is 5.69 Å². The lowest BCUT2D eigenvalue weighted by Crippen LogP contribution is -2.33. The molecule has 1 N–H and O–H groups in total. The van der Waals surface area contributed by atoms with E-state index in [1.165, 1.54) is 43.7 Å². The molecule has 0 aromatic carbocycles. The predicted octanol–water partition coefficient (Wildman–Crippen LogP) is 3.66. The summed E-state index contributed by atoms with van der Waals surface area (Å²) in [5, 5.41) is 3.94. The number of aromatic nitrogens is 2. The number of hydrogen-bond acceptors (Lipinski definition) is 4. The summed E-state index contributed by atoms with van der Waals surface area (Å²) in [7, 11) is 0. The third-order valence-electron chi connectivity index (χ3n) is 4.61. The molecule has 2 aromatic rings. The van der Waals surface area contributed by atoms with E-state index < -0.39 is 0 Å². The highest BCUT2D eigenvalue weighted by Gasteiger charge is 2.20. The third kappa shape index (κ3) is 4.70. The van der Waals surface area contributed by atoms with E-state index in [9.17, 15) is 4.79 Å². The summed E-state index contributed by atoms with van der Waals surface area (Å²) in [6.45, 7) is 8.39. The van der Waals surface area contributed by atoms with Gasteiger partial charge in [-0.15, -0.1) is 0 Å². The molecular formula is C19H28N4OS. The maximum Gasteiger partial charge on any atom is 0.263 e. The predicted molar refractivity (Wildman–Crippen MR) is 103 cm³/mol. The van der Waals surface area contributed by atoms with Gasteiger partial charge < -0.3 is 14.8 Å². The van der Waals surface area contributed by atoms with Crippen molar-refractivity contribution in [2.45, 2.75) is 45.4 Å². The first kappa shape index (κ1) is 18.1. The number of hydrogen-bond donors (Lipinski definition) is 1. The third-order valence-corrected chi connectivity index (χ3v) is 5.69. The van der Waals surface area contributed by atoms with Crippen molar-refractivity contribution in [3.05, 3.63) is 35.1 Å². The molecule has 1 amide bonds. The molecule has 6 heteroatoms. The van der Waals surface area contributed by atoms with Crippen LogP contribution in [0.2, 0.25) is 0 Å². The fraction of sp³-hybridized carbons (Fsp3) is 0.579. The van der Waals surface area contributed by atoms with E-state index in [1.807, 2.05) is 29.1 Å². The molecule has 5 nitrogen and oxygen atoms in total. The van der Waals surface area contributed by atoms with Gasteiger partial charge in [0.15, 0.2) is 5.13 Å². The maximum atomic E-state index is 12.6. The molecule has 3 rings (SSSR count). The number of amides is 1. The zero-order chi connectivity index (χ0) is 17.6. The molecule has 0 bridgehead atoms. The quantitative estimate of drug-likeness (QED) is 0.767. The molecule has 0 unspecified atom stereocenters. The fourth-order valence-corrected chi connectivity index (χ4v) is 4.32. The smallest absolute Gasteiger partial charge is 0.263 e. The molecule has 1 aliphatic rings. The topological polar surface area (TPSA) is 50.2 Å². The van der Waals surface area contributed by atoms with Crippen molar-refractivity contribution >= 4 is 17.2 Å². The molecule has 1 saturated heterocycles. The second kappa shape index (κ2) is 8.63. The molecule has 1 fully saturated rings. The van der Waals surface area contributed by atoms with Gasteiger partial charge in [0, 0.05) is 18.9 Å². The molecule has 1 aliphatic heterocycles. The Morgan fingerprint density at radius 2 is 1.96 bits per heavy atom. The van der Waals surface area contributed by atoms with Crippen LogP contribution in [0, 0.1) is 0 Å². The van der Waals surface area contributed by atoms with Gasteiger partial charge in [-0.05, 0) is 56.9 Å². The number of nitrogens with zero attached hydrogens (tertiary/aromatic N) is 3. The monoisotopic (exact) mass is 360 g/mol. The van der Waals surface area contributed by atoms with Crippen LogP contribution in [0.3, 0.4) is 0 Å². The largest absolute Gasteiger partial charge is 0.351 e. The second-order valence-electron chi connectivity index (χ2n) is 6.97. The average Bonchev–Trinajstić information content (AvgIpc) is 3.28. The Labute approximate surface area is 154 Å². The minimum Gasteiger partial charge on any atom is -0.351 e. The number of rotatable bonds is 7. The van der Waals surface area contributed by atoms with Crippen molar-refractivity contribution in [1.82, 2.24) is 19.8 Å². The molecule has 0 atom stereocenters. The summed E-state index contributed by atoms with van der Waals surface area (Å²) < 4.78 is 1.96. The van der Waals surface area contributed by atoms with Crippen LogP contribution in [-0.4, -0.2) is 46.5 Å². The Balaban J connectivity index is 1.57. The zero-order valence-electron chi connectivity index (χ0n) is 15.2. The van der Waals surface area contributed by atoms with Crippen LogP contribution in [0.5, 0.6) is 0 Å². The van der Waals surface area contributed by atoms with Gasteiger partial charge in [-0.1, -0.05) is 31.6 Å². The summed E-state index contributed by atoms with van der Waals surface area (Å²) in [4.78, 5) is 20.6. The molecule has 25 heavy (non-hydrogen) atoms. The van der Waals surface area contributed by atoms with Gasteiger partial charge in [0.1, 0.15) is 4.88 Å². The summed E-state index contributed by atoms with van der Waals surface area (Å²) in [6, 6.07) is 3.94. The number of thiazole rings is 1. The molecular weight excluding hydrogens is 332 g/mol. The first-order valence-electron chi connectivity index (χ1n) is 9.30. The Bertz CT molecular complexity index is 672. The van der Waals surface area contributed by atoms with E-state index in [0.717, 1.165) is 35.2 Å². The average molecular weight is 361 g/mol. The standard InChI is InChI=1S/C19H28N4OS/c1-15(2)16-17(25-19(21-16)23-13-6-7-14-23)18(24)20-9-8-12-22-10-4-3-5-11-22/h6-7,13-15H,3-5,8-12H2,1-2H3,(H,20,24). The van der Waals surface area contributed by atoms with Crippen LogP contribution < -0.4 is 5.32 Å². The second-order valence-corrected chi connectivity index (χ2v) is 7.95. The molecule has 0 aliphatic carbocycles. The van der Waals surface area contributed by atoms with Gasteiger partial charge in [0.2, 0.25) is 0 Å². The van der Waals surface area contributed by atoms with Crippen LogP contribution in [0.15, 0.2) is 24.5 Å². The van der Waals surface area contributed by atoms with E-state index in [-0.39, 0.29) is 11.8 Å². The minimum absolute atomic E-state index is 0.0123. The van der Waals surface area contributed by atoms with E-state index in [2.05, 4.69) is 29.0 Å². The molecule has 0 radical (unpaired) electrons. The van der Waals surface area contributed by atoms with E-state index in [4.69, 9.17) is 0 Å². The van der Waals surface area contributed by atoms with Gasteiger partial charge in [-0.25, -0.2) is 4.98 Å². The van der Waals surface area contributed by atoms with Gasteiger partial charge in [-0.3, -0.25) is 4.79 Å². The zero-order valence-corrected chi connectivity index (χ0v) is 16.0. The highest BCUT2D eigenvalue weighted by Crippen LogP contribution is 2.27. The number of likely N-dealkylation sites (tertiary alicyclic amines) is 1. The summed E-state index contributed by atoms with van der Waals surface area (Å²) in [5.74, 6) is 0.243. The first-order valence-corrected chi connectivity index (χ1v) is 10.1. The summed E-state index contributed by atoms with van der Waals surface area (Å²) in [6.07, 6.45) is 8.92. The lowest BCUT2D eigenvalue weighted by Gasteiger charge is -2.26.